The van der Waals surface area contributed by atoms with Crippen molar-refractivity contribution in [3.05, 3.63) is 0 Å². The van der Waals surface area contributed by atoms with E-state index in [4.69, 9.17) is 14.8 Å². The van der Waals surface area contributed by atoms with Gasteiger partial charge >= 0.3 is 7.60 Å². The molecule has 2 N–H and O–H groups in total. The zero-order valence-electron chi connectivity index (χ0n) is 8.87. The normalized spacial score (nSPS) is 17.0. The maximum Gasteiger partial charge on any atom is 0.349 e. The molecule has 0 saturated heterocycles. The van der Waals surface area contributed by atoms with Crippen LogP contribution in [0, 0.1) is 0 Å². The summed E-state index contributed by atoms with van der Waals surface area (Å²) in [4.78, 5) is 0. The highest BCUT2D eigenvalue weighted by Crippen LogP contribution is 2.58. The van der Waals surface area contributed by atoms with E-state index < -0.39 is 12.9 Å². The molecule has 0 aromatic carbocycles. The van der Waals surface area contributed by atoms with Crippen LogP contribution in [-0.2, 0) is 13.6 Å². The van der Waals surface area contributed by atoms with Gasteiger partial charge in [-0.3, -0.25) is 4.57 Å². The Labute approximate surface area is 80.3 Å². The first-order chi connectivity index (χ1) is 5.93. The van der Waals surface area contributed by atoms with Crippen LogP contribution in [0.5, 0.6) is 0 Å². The molecule has 0 aliphatic carbocycles. The van der Waals surface area contributed by atoms with Crippen molar-refractivity contribution in [3.8, 4) is 0 Å². The summed E-state index contributed by atoms with van der Waals surface area (Å²) in [5.41, 5.74) is 5.85. The third-order valence-electron chi connectivity index (χ3n) is 1.94. The summed E-state index contributed by atoms with van der Waals surface area (Å²) in [5.74, 6) is 0. The van der Waals surface area contributed by atoms with Crippen molar-refractivity contribution in [1.82, 2.24) is 0 Å². The molecule has 0 radical (unpaired) electrons. The SMILES string of the molecule is CCOP(=O)(OCC)[C@](C)(N)CC. The van der Waals surface area contributed by atoms with Crippen LogP contribution in [0.1, 0.15) is 34.1 Å². The highest BCUT2D eigenvalue weighted by atomic mass is 31.2. The van der Waals surface area contributed by atoms with E-state index in [1.54, 1.807) is 20.8 Å². The van der Waals surface area contributed by atoms with Gasteiger partial charge in [0.25, 0.3) is 0 Å². The average Bonchev–Trinajstić information content (AvgIpc) is 2.05. The highest BCUT2D eigenvalue weighted by molar-refractivity contribution is 7.55. The molecule has 13 heavy (non-hydrogen) atoms. The van der Waals surface area contributed by atoms with Gasteiger partial charge in [-0.1, -0.05) is 6.92 Å². The van der Waals surface area contributed by atoms with E-state index in [2.05, 4.69) is 0 Å². The maximum atomic E-state index is 12.1. The molecule has 0 bridgehead atoms. The lowest BCUT2D eigenvalue weighted by atomic mass is 10.3. The number of nitrogens with two attached hydrogens (primary N) is 1. The van der Waals surface area contributed by atoms with Crippen molar-refractivity contribution in [1.29, 1.82) is 0 Å². The molecule has 0 heterocycles. The van der Waals surface area contributed by atoms with E-state index in [-0.39, 0.29) is 0 Å². The highest BCUT2D eigenvalue weighted by Gasteiger charge is 2.42. The third-order valence-corrected chi connectivity index (χ3v) is 4.70. The van der Waals surface area contributed by atoms with Gasteiger partial charge in [-0.2, -0.15) is 0 Å². The minimum Gasteiger partial charge on any atom is -0.315 e. The predicted molar refractivity (Wildman–Crippen MR) is 53.7 cm³/mol. The summed E-state index contributed by atoms with van der Waals surface area (Å²) in [5, 5.41) is -0.890. The average molecular weight is 209 g/mol. The summed E-state index contributed by atoms with van der Waals surface area (Å²) in [6.45, 7) is 7.81. The van der Waals surface area contributed by atoms with E-state index >= 15 is 0 Å². The minimum absolute atomic E-state index is 0.351. The largest absolute Gasteiger partial charge is 0.349 e. The second-order valence-corrected chi connectivity index (χ2v) is 5.58. The van der Waals surface area contributed by atoms with E-state index in [0.717, 1.165) is 0 Å². The molecule has 0 aliphatic heterocycles. The molecule has 4 nitrogen and oxygen atoms in total. The van der Waals surface area contributed by atoms with Gasteiger partial charge in [0, 0.05) is 0 Å². The zero-order chi connectivity index (χ0) is 10.5. The Morgan fingerprint density at radius 2 is 1.62 bits per heavy atom. The smallest absolute Gasteiger partial charge is 0.315 e. The van der Waals surface area contributed by atoms with Crippen LogP contribution >= 0.6 is 7.60 Å². The van der Waals surface area contributed by atoms with Crippen molar-refractivity contribution in [2.45, 2.75) is 39.4 Å². The van der Waals surface area contributed by atoms with E-state index in [1.807, 2.05) is 6.92 Å². The Morgan fingerprint density at radius 1 is 1.23 bits per heavy atom. The van der Waals surface area contributed by atoms with Gasteiger partial charge in [0.1, 0.15) is 5.28 Å². The molecule has 1 atom stereocenters. The monoisotopic (exact) mass is 209 g/mol. The molecule has 0 amide bonds. The van der Waals surface area contributed by atoms with Gasteiger partial charge in [0.05, 0.1) is 13.2 Å². The van der Waals surface area contributed by atoms with Crippen molar-refractivity contribution in [2.24, 2.45) is 5.73 Å². The Morgan fingerprint density at radius 3 is 1.85 bits per heavy atom. The number of hydrogen-bond acceptors (Lipinski definition) is 4. The Hall–Kier alpha value is 0.110. The van der Waals surface area contributed by atoms with Crippen molar-refractivity contribution < 1.29 is 13.6 Å². The van der Waals surface area contributed by atoms with E-state index in [9.17, 15) is 4.57 Å². The predicted octanol–water partition coefficient (Wildman–Crippen LogP) is 2.34. The lowest BCUT2D eigenvalue weighted by Crippen LogP contribution is -2.36. The van der Waals surface area contributed by atoms with Crippen LogP contribution in [0.2, 0.25) is 0 Å². The van der Waals surface area contributed by atoms with Gasteiger partial charge in [-0.05, 0) is 27.2 Å². The Balaban J connectivity index is 4.67. The quantitative estimate of drug-likeness (QED) is 0.682. The lowest BCUT2D eigenvalue weighted by Gasteiger charge is -2.31. The molecule has 0 spiro atoms. The molecule has 0 aromatic rings. The molecule has 0 saturated carbocycles. The number of hydrogen-bond donors (Lipinski definition) is 1. The molecule has 5 heteroatoms. The molecule has 0 unspecified atom stereocenters. The first kappa shape index (κ1) is 13.1. The molecule has 80 valence electrons. The second kappa shape index (κ2) is 5.11. The summed E-state index contributed by atoms with van der Waals surface area (Å²) in [7, 11) is -3.14. The first-order valence-corrected chi connectivity index (χ1v) is 6.15. The van der Waals surface area contributed by atoms with Crippen molar-refractivity contribution in [3.63, 3.8) is 0 Å². The van der Waals surface area contributed by atoms with E-state index in [1.165, 1.54) is 0 Å². The lowest BCUT2D eigenvalue weighted by molar-refractivity contribution is 0.197. The van der Waals surface area contributed by atoms with Crippen LogP contribution < -0.4 is 5.73 Å². The van der Waals surface area contributed by atoms with Gasteiger partial charge in [-0.15, -0.1) is 0 Å². The van der Waals surface area contributed by atoms with Crippen LogP contribution in [0.15, 0.2) is 0 Å². The summed E-state index contributed by atoms with van der Waals surface area (Å²) in [6.07, 6.45) is 0.560. The van der Waals surface area contributed by atoms with Crippen LogP contribution in [-0.4, -0.2) is 18.5 Å². The molecule has 0 aromatic heterocycles. The molecular formula is C8H20NO3P. The standard InChI is InChI=1S/C8H20NO3P/c1-5-8(4,9)13(10,11-6-2)12-7-3/h5-7,9H2,1-4H3/t8-/m0/s1. The molecular weight excluding hydrogens is 189 g/mol. The van der Waals surface area contributed by atoms with Crippen molar-refractivity contribution in [2.75, 3.05) is 13.2 Å². The first-order valence-electron chi connectivity index (χ1n) is 4.61. The second-order valence-electron chi connectivity index (χ2n) is 3.04. The summed E-state index contributed by atoms with van der Waals surface area (Å²) < 4.78 is 22.4. The minimum atomic E-state index is -3.14. The van der Waals surface area contributed by atoms with Gasteiger partial charge in [0.2, 0.25) is 0 Å². The van der Waals surface area contributed by atoms with Gasteiger partial charge in [0.15, 0.2) is 0 Å². The number of rotatable bonds is 6. The topological polar surface area (TPSA) is 61.5 Å². The Kier molecular flexibility index (Phi) is 5.15. The van der Waals surface area contributed by atoms with Crippen LogP contribution in [0.4, 0.5) is 0 Å². The Bertz CT molecular complexity index is 184. The van der Waals surface area contributed by atoms with Crippen molar-refractivity contribution >= 4 is 7.60 Å². The van der Waals surface area contributed by atoms with E-state index in [0.29, 0.717) is 19.6 Å². The van der Waals surface area contributed by atoms with Crippen LogP contribution in [0.3, 0.4) is 0 Å². The third kappa shape index (κ3) is 3.06. The molecule has 0 aliphatic rings. The van der Waals surface area contributed by atoms with Gasteiger partial charge in [-0.25, -0.2) is 0 Å². The zero-order valence-corrected chi connectivity index (χ0v) is 9.77. The summed E-state index contributed by atoms with van der Waals surface area (Å²) in [6, 6.07) is 0. The maximum absolute atomic E-state index is 12.1. The molecule has 0 rings (SSSR count). The fourth-order valence-corrected chi connectivity index (χ4v) is 2.60. The molecule has 0 fully saturated rings. The van der Waals surface area contributed by atoms with Gasteiger partial charge < -0.3 is 14.8 Å². The fraction of sp³-hybridized carbons (Fsp3) is 1.00. The van der Waals surface area contributed by atoms with Crippen LogP contribution in [0.25, 0.3) is 0 Å². The fourth-order valence-electron chi connectivity index (χ4n) is 0.866. The summed E-state index contributed by atoms with van der Waals surface area (Å²) >= 11 is 0.